The van der Waals surface area contributed by atoms with Gasteiger partial charge in [0.15, 0.2) is 0 Å². The number of thiophene rings is 1. The number of nitro groups is 1. The normalized spacial score (nSPS) is 12.1. The summed E-state index contributed by atoms with van der Waals surface area (Å²) < 4.78 is 0. The van der Waals surface area contributed by atoms with Crippen LogP contribution in [0.25, 0.3) is 0 Å². The van der Waals surface area contributed by atoms with Gasteiger partial charge in [-0.05, 0) is 41.4 Å². The molecule has 4 nitrogen and oxygen atoms in total. The van der Waals surface area contributed by atoms with E-state index in [4.69, 9.17) is 0 Å². The highest BCUT2D eigenvalue weighted by Crippen LogP contribution is 2.22. The van der Waals surface area contributed by atoms with E-state index in [-0.39, 0.29) is 11.7 Å². The Labute approximate surface area is 103 Å². The number of hydrogen-bond donors (Lipinski definition) is 1. The van der Waals surface area contributed by atoms with Crippen LogP contribution in [-0.4, -0.2) is 4.92 Å². The van der Waals surface area contributed by atoms with E-state index in [9.17, 15) is 10.1 Å². The van der Waals surface area contributed by atoms with Crippen molar-refractivity contribution in [3.05, 3.63) is 56.8 Å². The molecular weight excluding hydrogens is 236 g/mol. The van der Waals surface area contributed by atoms with Crippen LogP contribution in [0.5, 0.6) is 0 Å². The first-order chi connectivity index (χ1) is 8.16. The van der Waals surface area contributed by atoms with E-state index in [0.717, 1.165) is 5.69 Å². The predicted octanol–water partition coefficient (Wildman–Crippen LogP) is 3.83. The smallest absolute Gasteiger partial charge is 0.269 e. The van der Waals surface area contributed by atoms with E-state index in [1.54, 1.807) is 23.5 Å². The van der Waals surface area contributed by atoms with Crippen molar-refractivity contribution >= 4 is 22.7 Å². The standard InChI is InChI=1S/C12H12N2O2S/c1-9(10-6-7-17-8-10)13-11-2-4-12(5-3-11)14(15)16/h2-9,13H,1H3. The van der Waals surface area contributed by atoms with Crippen molar-refractivity contribution in [2.75, 3.05) is 5.32 Å². The zero-order chi connectivity index (χ0) is 12.3. The molecule has 0 fully saturated rings. The van der Waals surface area contributed by atoms with Gasteiger partial charge in [0.2, 0.25) is 0 Å². The number of nitrogens with one attached hydrogen (secondary N) is 1. The molecule has 5 heteroatoms. The lowest BCUT2D eigenvalue weighted by Crippen LogP contribution is -2.05. The van der Waals surface area contributed by atoms with Crippen molar-refractivity contribution < 1.29 is 4.92 Å². The zero-order valence-corrected chi connectivity index (χ0v) is 10.1. The average molecular weight is 248 g/mol. The fourth-order valence-electron chi connectivity index (χ4n) is 1.53. The van der Waals surface area contributed by atoms with Gasteiger partial charge in [-0.1, -0.05) is 0 Å². The zero-order valence-electron chi connectivity index (χ0n) is 9.29. The minimum absolute atomic E-state index is 0.110. The van der Waals surface area contributed by atoms with Crippen LogP contribution in [0.2, 0.25) is 0 Å². The maximum atomic E-state index is 10.5. The third-order valence-corrected chi connectivity index (χ3v) is 3.21. The first kappa shape index (κ1) is 11.6. The van der Waals surface area contributed by atoms with Crippen molar-refractivity contribution in [3.63, 3.8) is 0 Å². The molecule has 2 aromatic rings. The predicted molar refractivity (Wildman–Crippen MR) is 69.5 cm³/mol. The van der Waals surface area contributed by atoms with Crippen molar-refractivity contribution in [3.8, 4) is 0 Å². The van der Waals surface area contributed by atoms with E-state index in [1.807, 2.05) is 5.38 Å². The fraction of sp³-hybridized carbons (Fsp3) is 0.167. The van der Waals surface area contributed by atoms with Gasteiger partial charge >= 0.3 is 0 Å². The maximum Gasteiger partial charge on any atom is 0.269 e. The Kier molecular flexibility index (Phi) is 3.39. The molecule has 0 saturated heterocycles. The number of non-ortho nitro benzene ring substituents is 1. The lowest BCUT2D eigenvalue weighted by Gasteiger charge is -2.13. The molecule has 0 amide bonds. The Balaban J connectivity index is 2.06. The van der Waals surface area contributed by atoms with Crippen molar-refractivity contribution in [1.82, 2.24) is 0 Å². The molecule has 0 aliphatic heterocycles. The van der Waals surface area contributed by atoms with Gasteiger partial charge in [-0.15, -0.1) is 0 Å². The molecule has 1 heterocycles. The molecule has 0 bridgehead atoms. The number of hydrogen-bond acceptors (Lipinski definition) is 4. The Morgan fingerprint density at radius 1 is 1.29 bits per heavy atom. The molecule has 2 rings (SSSR count). The Bertz CT molecular complexity index is 494. The van der Waals surface area contributed by atoms with Crippen molar-refractivity contribution in [1.29, 1.82) is 0 Å². The van der Waals surface area contributed by atoms with Crippen LogP contribution in [0, 0.1) is 10.1 Å². The fourth-order valence-corrected chi connectivity index (χ4v) is 2.29. The average Bonchev–Trinajstić information content (AvgIpc) is 2.83. The summed E-state index contributed by atoms with van der Waals surface area (Å²) in [5, 5.41) is 17.9. The Morgan fingerprint density at radius 2 is 2.00 bits per heavy atom. The minimum Gasteiger partial charge on any atom is -0.378 e. The third-order valence-electron chi connectivity index (χ3n) is 2.50. The topological polar surface area (TPSA) is 55.2 Å². The lowest BCUT2D eigenvalue weighted by atomic mass is 10.1. The van der Waals surface area contributed by atoms with Crippen LogP contribution in [-0.2, 0) is 0 Å². The number of benzene rings is 1. The number of nitro benzene ring substituents is 1. The van der Waals surface area contributed by atoms with Gasteiger partial charge in [-0.3, -0.25) is 10.1 Å². The Morgan fingerprint density at radius 3 is 2.53 bits per heavy atom. The van der Waals surface area contributed by atoms with E-state index >= 15 is 0 Å². The van der Waals surface area contributed by atoms with Crippen molar-refractivity contribution in [2.45, 2.75) is 13.0 Å². The van der Waals surface area contributed by atoms with Gasteiger partial charge in [0.05, 0.1) is 4.92 Å². The van der Waals surface area contributed by atoms with Gasteiger partial charge in [0, 0.05) is 23.9 Å². The molecule has 0 saturated carbocycles. The van der Waals surface area contributed by atoms with Crippen LogP contribution in [0.1, 0.15) is 18.5 Å². The highest BCUT2D eigenvalue weighted by Gasteiger charge is 2.07. The third kappa shape index (κ3) is 2.82. The van der Waals surface area contributed by atoms with Gasteiger partial charge in [0.25, 0.3) is 5.69 Å². The summed E-state index contributed by atoms with van der Waals surface area (Å²) in [7, 11) is 0. The molecule has 1 atom stereocenters. The summed E-state index contributed by atoms with van der Waals surface area (Å²) in [4.78, 5) is 10.1. The SMILES string of the molecule is CC(Nc1ccc([N+](=O)[O-])cc1)c1ccsc1. The first-order valence-corrected chi connectivity index (χ1v) is 6.14. The number of nitrogens with zero attached hydrogens (tertiary/aromatic N) is 1. The van der Waals surface area contributed by atoms with Gasteiger partial charge in [-0.25, -0.2) is 0 Å². The summed E-state index contributed by atoms with van der Waals surface area (Å²) in [6, 6.07) is 8.71. The van der Waals surface area contributed by atoms with Gasteiger partial charge < -0.3 is 5.32 Å². The van der Waals surface area contributed by atoms with Gasteiger partial charge in [0.1, 0.15) is 0 Å². The maximum absolute atomic E-state index is 10.5. The second-order valence-electron chi connectivity index (χ2n) is 3.73. The summed E-state index contributed by atoms with van der Waals surface area (Å²) in [5.74, 6) is 0. The van der Waals surface area contributed by atoms with E-state index in [0.29, 0.717) is 0 Å². The lowest BCUT2D eigenvalue weighted by molar-refractivity contribution is -0.384. The van der Waals surface area contributed by atoms with Gasteiger partial charge in [-0.2, -0.15) is 11.3 Å². The molecule has 88 valence electrons. The highest BCUT2D eigenvalue weighted by molar-refractivity contribution is 7.07. The van der Waals surface area contributed by atoms with E-state index < -0.39 is 4.92 Å². The summed E-state index contributed by atoms with van der Waals surface area (Å²) in [6.45, 7) is 2.06. The van der Waals surface area contributed by atoms with Crippen LogP contribution < -0.4 is 5.32 Å². The molecule has 1 N–H and O–H groups in total. The molecule has 1 aromatic carbocycles. The van der Waals surface area contributed by atoms with E-state index in [2.05, 4.69) is 23.7 Å². The molecule has 17 heavy (non-hydrogen) atoms. The molecule has 0 spiro atoms. The second-order valence-corrected chi connectivity index (χ2v) is 4.51. The van der Waals surface area contributed by atoms with Crippen LogP contribution >= 0.6 is 11.3 Å². The summed E-state index contributed by atoms with van der Waals surface area (Å²) in [6.07, 6.45) is 0. The van der Waals surface area contributed by atoms with Crippen molar-refractivity contribution in [2.24, 2.45) is 0 Å². The quantitative estimate of drug-likeness (QED) is 0.660. The summed E-state index contributed by atoms with van der Waals surface area (Å²) >= 11 is 1.66. The highest BCUT2D eigenvalue weighted by atomic mass is 32.1. The Hall–Kier alpha value is -1.88. The monoisotopic (exact) mass is 248 g/mol. The van der Waals surface area contributed by atoms with Crippen LogP contribution in [0.4, 0.5) is 11.4 Å². The molecule has 1 aromatic heterocycles. The second kappa shape index (κ2) is 4.97. The largest absolute Gasteiger partial charge is 0.378 e. The number of anilines is 1. The number of rotatable bonds is 4. The van der Waals surface area contributed by atoms with Crippen LogP contribution in [0.3, 0.4) is 0 Å². The summed E-state index contributed by atoms with van der Waals surface area (Å²) in [5.41, 5.74) is 2.21. The van der Waals surface area contributed by atoms with Crippen LogP contribution in [0.15, 0.2) is 41.1 Å². The van der Waals surface area contributed by atoms with E-state index in [1.165, 1.54) is 17.7 Å². The molecule has 1 unspecified atom stereocenters. The molecular formula is C12H12N2O2S. The first-order valence-electron chi connectivity index (χ1n) is 5.20. The molecule has 0 aliphatic carbocycles. The molecule has 0 aliphatic rings. The molecule has 0 radical (unpaired) electrons. The minimum atomic E-state index is -0.397.